The number of rotatable bonds is 3. The van der Waals surface area contributed by atoms with E-state index in [2.05, 4.69) is 40.3 Å². The molecule has 1 saturated carbocycles. The summed E-state index contributed by atoms with van der Waals surface area (Å²) in [6.07, 6.45) is 5.22. The van der Waals surface area contributed by atoms with Crippen LogP contribution in [0.25, 0.3) is 0 Å². The van der Waals surface area contributed by atoms with Gasteiger partial charge in [-0.2, -0.15) is 0 Å². The Hall–Kier alpha value is -0.830. The van der Waals surface area contributed by atoms with Gasteiger partial charge in [-0.15, -0.1) is 0 Å². The second-order valence-corrected chi connectivity index (χ2v) is 6.32. The van der Waals surface area contributed by atoms with Gasteiger partial charge in [0.2, 0.25) is 5.91 Å². The summed E-state index contributed by atoms with van der Waals surface area (Å²) in [5.74, 6) is 0.136. The van der Waals surface area contributed by atoms with Gasteiger partial charge in [0, 0.05) is 10.9 Å². The monoisotopic (exact) mass is 309 g/mol. The summed E-state index contributed by atoms with van der Waals surface area (Å²) in [5, 5.41) is 3.15. The largest absolute Gasteiger partial charge is 0.352 e. The normalized spacial score (nSPS) is 23.7. The van der Waals surface area contributed by atoms with Crippen LogP contribution in [0, 0.1) is 6.92 Å². The highest BCUT2D eigenvalue weighted by molar-refractivity contribution is 9.09. The van der Waals surface area contributed by atoms with Gasteiger partial charge in [-0.1, -0.05) is 58.6 Å². The Balaban J connectivity index is 1.88. The summed E-state index contributed by atoms with van der Waals surface area (Å²) in [6.45, 7) is 2.05. The molecule has 2 rings (SSSR count). The predicted molar refractivity (Wildman–Crippen MR) is 78.0 cm³/mol. The molecule has 1 aromatic carbocycles. The fourth-order valence-electron chi connectivity index (χ4n) is 2.51. The number of amides is 1. The first kappa shape index (κ1) is 13.6. The van der Waals surface area contributed by atoms with Crippen molar-refractivity contribution >= 4 is 21.8 Å². The van der Waals surface area contributed by atoms with Gasteiger partial charge in [-0.25, -0.2) is 0 Å². The van der Waals surface area contributed by atoms with Gasteiger partial charge in [-0.05, 0) is 25.3 Å². The second kappa shape index (κ2) is 6.37. The molecule has 0 heterocycles. The first-order chi connectivity index (χ1) is 8.65. The molecular formula is C15H20BrNO. The van der Waals surface area contributed by atoms with Crippen molar-refractivity contribution in [1.29, 1.82) is 0 Å². The van der Waals surface area contributed by atoms with Gasteiger partial charge in [0.15, 0.2) is 0 Å². The standard InChI is InChI=1S/C15H20BrNO/c1-11-5-4-6-12(9-11)10-15(18)17-14-8-3-2-7-13(14)16/h4-6,9,13-14H,2-3,7-8,10H2,1H3,(H,17,18). The lowest BCUT2D eigenvalue weighted by molar-refractivity contribution is -0.121. The van der Waals surface area contributed by atoms with Crippen molar-refractivity contribution in [2.75, 3.05) is 0 Å². The van der Waals surface area contributed by atoms with E-state index < -0.39 is 0 Å². The molecule has 1 aliphatic rings. The first-order valence-corrected chi connectivity index (χ1v) is 7.55. The second-order valence-electron chi connectivity index (χ2n) is 5.14. The molecule has 0 aromatic heterocycles. The van der Waals surface area contributed by atoms with Crippen molar-refractivity contribution in [3.63, 3.8) is 0 Å². The summed E-state index contributed by atoms with van der Waals surface area (Å²) < 4.78 is 0. The Morgan fingerprint density at radius 3 is 2.89 bits per heavy atom. The fourth-order valence-corrected chi connectivity index (χ4v) is 3.23. The van der Waals surface area contributed by atoms with Crippen LogP contribution in [0.15, 0.2) is 24.3 Å². The third kappa shape index (κ3) is 3.84. The van der Waals surface area contributed by atoms with Crippen molar-refractivity contribution in [2.45, 2.75) is 49.9 Å². The highest BCUT2D eigenvalue weighted by Gasteiger charge is 2.23. The predicted octanol–water partition coefficient (Wildman–Crippen LogP) is 3.36. The minimum Gasteiger partial charge on any atom is -0.352 e. The number of aryl methyl sites for hydroxylation is 1. The molecule has 2 nitrogen and oxygen atoms in total. The molecule has 1 aliphatic carbocycles. The van der Waals surface area contributed by atoms with E-state index >= 15 is 0 Å². The number of nitrogens with one attached hydrogen (secondary N) is 1. The van der Waals surface area contributed by atoms with E-state index in [1.807, 2.05) is 12.1 Å². The minimum atomic E-state index is 0.136. The van der Waals surface area contributed by atoms with Crippen LogP contribution >= 0.6 is 15.9 Å². The number of carbonyl (C=O) groups is 1. The van der Waals surface area contributed by atoms with Crippen LogP contribution in [0.5, 0.6) is 0 Å². The molecule has 0 saturated heterocycles. The maximum atomic E-state index is 12.0. The average molecular weight is 310 g/mol. The van der Waals surface area contributed by atoms with Crippen molar-refractivity contribution in [3.05, 3.63) is 35.4 Å². The van der Waals surface area contributed by atoms with Gasteiger partial charge >= 0.3 is 0 Å². The molecule has 98 valence electrons. The molecule has 0 aliphatic heterocycles. The van der Waals surface area contributed by atoms with E-state index in [1.165, 1.54) is 18.4 Å². The lowest BCUT2D eigenvalue weighted by atomic mass is 9.95. The molecule has 1 fully saturated rings. The number of hydrogen-bond acceptors (Lipinski definition) is 1. The van der Waals surface area contributed by atoms with Gasteiger partial charge in [-0.3, -0.25) is 4.79 Å². The van der Waals surface area contributed by atoms with E-state index in [4.69, 9.17) is 0 Å². The van der Waals surface area contributed by atoms with Crippen LogP contribution in [0.2, 0.25) is 0 Å². The maximum absolute atomic E-state index is 12.0. The van der Waals surface area contributed by atoms with Crippen molar-refractivity contribution in [1.82, 2.24) is 5.32 Å². The van der Waals surface area contributed by atoms with Crippen LogP contribution in [0.3, 0.4) is 0 Å². The molecule has 0 radical (unpaired) electrons. The smallest absolute Gasteiger partial charge is 0.224 e. The Kier molecular flexibility index (Phi) is 4.81. The number of hydrogen-bond donors (Lipinski definition) is 1. The van der Waals surface area contributed by atoms with Crippen LogP contribution in [-0.4, -0.2) is 16.8 Å². The van der Waals surface area contributed by atoms with Gasteiger partial charge in [0.25, 0.3) is 0 Å². The first-order valence-electron chi connectivity index (χ1n) is 6.64. The number of benzene rings is 1. The van der Waals surface area contributed by atoms with E-state index in [0.29, 0.717) is 17.3 Å². The molecule has 3 heteroatoms. The molecule has 1 aromatic rings. The summed E-state index contributed by atoms with van der Waals surface area (Å²) >= 11 is 3.67. The zero-order valence-corrected chi connectivity index (χ0v) is 12.4. The quantitative estimate of drug-likeness (QED) is 0.852. The fraction of sp³-hybridized carbons (Fsp3) is 0.533. The van der Waals surface area contributed by atoms with Crippen LogP contribution in [-0.2, 0) is 11.2 Å². The van der Waals surface area contributed by atoms with Gasteiger partial charge in [0.1, 0.15) is 0 Å². The van der Waals surface area contributed by atoms with Gasteiger partial charge in [0.05, 0.1) is 6.42 Å². The molecule has 2 unspecified atom stereocenters. The molecular weight excluding hydrogens is 290 g/mol. The molecule has 18 heavy (non-hydrogen) atoms. The zero-order valence-electron chi connectivity index (χ0n) is 10.8. The Morgan fingerprint density at radius 2 is 2.17 bits per heavy atom. The average Bonchev–Trinajstić information content (AvgIpc) is 2.32. The van der Waals surface area contributed by atoms with Crippen LogP contribution < -0.4 is 5.32 Å². The third-order valence-corrected chi connectivity index (χ3v) is 4.57. The minimum absolute atomic E-state index is 0.136. The Labute approximate surface area is 117 Å². The summed E-state index contributed by atoms with van der Waals surface area (Å²) in [5.41, 5.74) is 2.30. The molecule has 2 atom stereocenters. The zero-order chi connectivity index (χ0) is 13.0. The summed E-state index contributed by atoms with van der Waals surface area (Å²) in [7, 11) is 0. The SMILES string of the molecule is Cc1cccc(CC(=O)NC2CCCCC2Br)c1. The van der Waals surface area contributed by atoms with Crippen LogP contribution in [0.1, 0.15) is 36.8 Å². The lowest BCUT2D eigenvalue weighted by Crippen LogP contribution is -2.43. The maximum Gasteiger partial charge on any atom is 0.224 e. The third-order valence-electron chi connectivity index (χ3n) is 3.48. The van der Waals surface area contributed by atoms with Crippen molar-refractivity contribution in [2.24, 2.45) is 0 Å². The van der Waals surface area contributed by atoms with E-state index in [9.17, 15) is 4.79 Å². The van der Waals surface area contributed by atoms with E-state index in [0.717, 1.165) is 18.4 Å². The number of halogens is 1. The molecule has 1 N–H and O–H groups in total. The van der Waals surface area contributed by atoms with E-state index in [-0.39, 0.29) is 5.91 Å². The Morgan fingerprint density at radius 1 is 1.39 bits per heavy atom. The lowest BCUT2D eigenvalue weighted by Gasteiger charge is -2.28. The van der Waals surface area contributed by atoms with Crippen LogP contribution in [0.4, 0.5) is 0 Å². The Bertz CT molecular complexity index is 419. The summed E-state index contributed by atoms with van der Waals surface area (Å²) in [4.78, 5) is 12.4. The molecule has 0 spiro atoms. The van der Waals surface area contributed by atoms with E-state index in [1.54, 1.807) is 0 Å². The summed E-state index contributed by atoms with van der Waals surface area (Å²) in [6, 6.07) is 8.45. The highest BCUT2D eigenvalue weighted by Crippen LogP contribution is 2.24. The molecule has 1 amide bonds. The van der Waals surface area contributed by atoms with Crippen molar-refractivity contribution < 1.29 is 4.79 Å². The van der Waals surface area contributed by atoms with Gasteiger partial charge < -0.3 is 5.32 Å². The topological polar surface area (TPSA) is 29.1 Å². The number of carbonyl (C=O) groups excluding carboxylic acids is 1. The molecule has 0 bridgehead atoms. The highest BCUT2D eigenvalue weighted by atomic mass is 79.9. The number of alkyl halides is 1. The van der Waals surface area contributed by atoms with Crippen molar-refractivity contribution in [3.8, 4) is 0 Å².